The first-order chi connectivity index (χ1) is 12.5. The minimum atomic E-state index is -0.189. The standard InChI is InChI=1S/C21H33N3O2/c1-17-5-4-6-19(15-17)20(22(2)3)21(25)24-9-7-18(8-10-24)16-23-11-13-26-14-12-23/h4-6,15,18,20H,7-14,16H2,1-3H3/t20-/m1/s1. The van der Waals surface area contributed by atoms with Crippen molar-refractivity contribution in [2.75, 3.05) is 60.0 Å². The van der Waals surface area contributed by atoms with Crippen molar-refractivity contribution in [2.45, 2.75) is 25.8 Å². The number of likely N-dealkylation sites (tertiary alicyclic amines) is 1. The van der Waals surface area contributed by atoms with Crippen LogP contribution in [-0.4, -0.2) is 80.6 Å². The van der Waals surface area contributed by atoms with E-state index in [1.54, 1.807) is 0 Å². The van der Waals surface area contributed by atoms with Crippen molar-refractivity contribution in [3.8, 4) is 0 Å². The molecule has 0 spiro atoms. The lowest BCUT2D eigenvalue weighted by Gasteiger charge is -2.38. The third kappa shape index (κ3) is 4.84. The van der Waals surface area contributed by atoms with E-state index in [0.717, 1.165) is 64.3 Å². The van der Waals surface area contributed by atoms with Crippen LogP contribution in [0.3, 0.4) is 0 Å². The van der Waals surface area contributed by atoms with Gasteiger partial charge in [0.25, 0.3) is 0 Å². The maximum absolute atomic E-state index is 13.2. The van der Waals surface area contributed by atoms with E-state index in [4.69, 9.17) is 4.74 Å². The molecule has 1 aromatic rings. The Labute approximate surface area is 157 Å². The summed E-state index contributed by atoms with van der Waals surface area (Å²) in [5.41, 5.74) is 2.29. The van der Waals surface area contributed by atoms with Gasteiger partial charge < -0.3 is 9.64 Å². The Hall–Kier alpha value is -1.43. The highest BCUT2D eigenvalue weighted by Crippen LogP contribution is 2.26. The molecule has 1 amide bonds. The Balaban J connectivity index is 1.57. The molecule has 3 rings (SSSR count). The topological polar surface area (TPSA) is 36.0 Å². The third-order valence-electron chi connectivity index (χ3n) is 5.65. The van der Waals surface area contributed by atoms with Crippen LogP contribution in [0.25, 0.3) is 0 Å². The zero-order chi connectivity index (χ0) is 18.5. The first-order valence-corrected chi connectivity index (χ1v) is 9.86. The van der Waals surface area contributed by atoms with Gasteiger partial charge in [-0.3, -0.25) is 14.6 Å². The largest absolute Gasteiger partial charge is 0.379 e. The molecule has 0 saturated carbocycles. The average Bonchev–Trinajstić information content (AvgIpc) is 2.63. The van der Waals surface area contributed by atoms with Crippen molar-refractivity contribution in [2.24, 2.45) is 5.92 Å². The van der Waals surface area contributed by atoms with Crippen LogP contribution in [0.15, 0.2) is 24.3 Å². The van der Waals surface area contributed by atoms with E-state index in [9.17, 15) is 4.79 Å². The molecule has 0 unspecified atom stereocenters. The van der Waals surface area contributed by atoms with E-state index in [-0.39, 0.29) is 11.9 Å². The Bertz CT molecular complexity index is 591. The summed E-state index contributed by atoms with van der Waals surface area (Å²) in [5.74, 6) is 0.944. The number of benzene rings is 1. The van der Waals surface area contributed by atoms with E-state index >= 15 is 0 Å². The second-order valence-corrected chi connectivity index (χ2v) is 7.96. The number of carbonyl (C=O) groups is 1. The van der Waals surface area contributed by atoms with Crippen molar-refractivity contribution in [1.29, 1.82) is 0 Å². The number of hydrogen-bond acceptors (Lipinski definition) is 4. The molecule has 2 heterocycles. The lowest BCUT2D eigenvalue weighted by molar-refractivity contribution is -0.137. The van der Waals surface area contributed by atoms with E-state index in [0.29, 0.717) is 5.92 Å². The van der Waals surface area contributed by atoms with E-state index in [1.807, 2.05) is 25.1 Å². The Morgan fingerprint density at radius 2 is 1.88 bits per heavy atom. The summed E-state index contributed by atoms with van der Waals surface area (Å²) in [6.45, 7) is 8.81. The number of hydrogen-bond donors (Lipinski definition) is 0. The summed E-state index contributed by atoms with van der Waals surface area (Å²) < 4.78 is 5.44. The quantitative estimate of drug-likeness (QED) is 0.807. The predicted octanol–water partition coefficient (Wildman–Crippen LogP) is 2.17. The summed E-state index contributed by atoms with van der Waals surface area (Å²) in [4.78, 5) is 19.8. The van der Waals surface area contributed by atoms with Crippen LogP contribution in [0.4, 0.5) is 0 Å². The highest BCUT2D eigenvalue weighted by molar-refractivity contribution is 5.83. The molecule has 144 valence electrons. The Kier molecular flexibility index (Phi) is 6.68. The van der Waals surface area contributed by atoms with Crippen LogP contribution >= 0.6 is 0 Å². The Morgan fingerprint density at radius 1 is 1.19 bits per heavy atom. The van der Waals surface area contributed by atoms with Gasteiger partial charge in [-0.2, -0.15) is 0 Å². The molecule has 0 aliphatic carbocycles. The third-order valence-corrected chi connectivity index (χ3v) is 5.65. The first-order valence-electron chi connectivity index (χ1n) is 9.86. The zero-order valence-corrected chi connectivity index (χ0v) is 16.5. The summed E-state index contributed by atoms with van der Waals surface area (Å²) in [7, 11) is 3.99. The molecule has 0 N–H and O–H groups in total. The fourth-order valence-corrected chi connectivity index (χ4v) is 4.16. The highest BCUT2D eigenvalue weighted by Gasteiger charge is 2.31. The van der Waals surface area contributed by atoms with Gasteiger partial charge in [0.2, 0.25) is 5.91 Å². The fraction of sp³-hybridized carbons (Fsp3) is 0.667. The summed E-state index contributed by atoms with van der Waals surface area (Å²) in [6, 6.07) is 8.14. The van der Waals surface area contributed by atoms with Crippen molar-refractivity contribution in [3.63, 3.8) is 0 Å². The molecule has 2 aliphatic heterocycles. The first kappa shape index (κ1) is 19.3. The molecule has 1 aromatic carbocycles. The van der Waals surface area contributed by atoms with Crippen molar-refractivity contribution in [3.05, 3.63) is 35.4 Å². The van der Waals surface area contributed by atoms with Crippen molar-refractivity contribution >= 4 is 5.91 Å². The normalized spacial score (nSPS) is 21.2. The molecule has 1 atom stereocenters. The number of rotatable bonds is 5. The molecule has 5 heteroatoms. The number of nitrogens with zero attached hydrogens (tertiary/aromatic N) is 3. The van der Waals surface area contributed by atoms with Gasteiger partial charge in [0.1, 0.15) is 6.04 Å². The molecular formula is C21H33N3O2. The molecule has 2 aliphatic rings. The number of likely N-dealkylation sites (N-methyl/N-ethyl adjacent to an activating group) is 1. The minimum absolute atomic E-state index is 0.189. The number of carbonyl (C=O) groups excluding carboxylic acids is 1. The molecule has 0 radical (unpaired) electrons. The SMILES string of the molecule is Cc1cccc([C@H](C(=O)N2CCC(CN3CCOCC3)CC2)N(C)C)c1. The second-order valence-electron chi connectivity index (χ2n) is 7.96. The lowest BCUT2D eigenvalue weighted by atomic mass is 9.94. The molecule has 2 saturated heterocycles. The van der Waals surface area contributed by atoms with Crippen molar-refractivity contribution in [1.82, 2.24) is 14.7 Å². The summed E-state index contributed by atoms with van der Waals surface area (Å²) >= 11 is 0. The van der Waals surface area contributed by atoms with Gasteiger partial charge in [-0.05, 0) is 45.3 Å². The van der Waals surface area contributed by atoms with Crippen LogP contribution in [0.2, 0.25) is 0 Å². The van der Waals surface area contributed by atoms with E-state index in [2.05, 4.69) is 34.9 Å². The van der Waals surface area contributed by atoms with Crippen LogP contribution < -0.4 is 0 Å². The van der Waals surface area contributed by atoms with Gasteiger partial charge in [-0.1, -0.05) is 29.8 Å². The second kappa shape index (κ2) is 8.98. The van der Waals surface area contributed by atoms with E-state index < -0.39 is 0 Å². The van der Waals surface area contributed by atoms with Gasteiger partial charge in [0, 0.05) is 32.7 Å². The van der Waals surface area contributed by atoms with Gasteiger partial charge in [-0.25, -0.2) is 0 Å². The lowest BCUT2D eigenvalue weighted by Crippen LogP contribution is -2.47. The molecule has 2 fully saturated rings. The number of ether oxygens (including phenoxy) is 1. The van der Waals surface area contributed by atoms with Crippen LogP contribution in [0.1, 0.15) is 30.0 Å². The molecule has 5 nitrogen and oxygen atoms in total. The fourth-order valence-electron chi connectivity index (χ4n) is 4.16. The summed E-state index contributed by atoms with van der Waals surface area (Å²) in [6.07, 6.45) is 2.22. The van der Waals surface area contributed by atoms with Crippen molar-refractivity contribution < 1.29 is 9.53 Å². The zero-order valence-electron chi connectivity index (χ0n) is 16.5. The smallest absolute Gasteiger partial charge is 0.244 e. The van der Waals surface area contributed by atoms with E-state index in [1.165, 1.54) is 5.56 Å². The number of morpholine rings is 1. The van der Waals surface area contributed by atoms with Crippen LogP contribution in [0, 0.1) is 12.8 Å². The number of piperidine rings is 1. The monoisotopic (exact) mass is 359 g/mol. The summed E-state index contributed by atoms with van der Waals surface area (Å²) in [5, 5.41) is 0. The van der Waals surface area contributed by atoms with Gasteiger partial charge >= 0.3 is 0 Å². The maximum atomic E-state index is 13.2. The molecule has 0 bridgehead atoms. The van der Waals surface area contributed by atoms with Gasteiger partial charge in [0.15, 0.2) is 0 Å². The molecule has 0 aromatic heterocycles. The average molecular weight is 360 g/mol. The van der Waals surface area contributed by atoms with Crippen LogP contribution in [-0.2, 0) is 9.53 Å². The predicted molar refractivity (Wildman–Crippen MR) is 104 cm³/mol. The van der Waals surface area contributed by atoms with Crippen LogP contribution in [0.5, 0.6) is 0 Å². The number of amides is 1. The maximum Gasteiger partial charge on any atom is 0.244 e. The number of aryl methyl sites for hydroxylation is 1. The highest BCUT2D eigenvalue weighted by atomic mass is 16.5. The van der Waals surface area contributed by atoms with Gasteiger partial charge in [0.05, 0.1) is 13.2 Å². The molecule has 26 heavy (non-hydrogen) atoms. The Morgan fingerprint density at radius 3 is 2.50 bits per heavy atom. The molecular weight excluding hydrogens is 326 g/mol. The van der Waals surface area contributed by atoms with Gasteiger partial charge in [-0.15, -0.1) is 0 Å². The minimum Gasteiger partial charge on any atom is -0.379 e.